The molecule has 0 unspecified atom stereocenters. The van der Waals surface area contributed by atoms with Crippen LogP contribution in [0.3, 0.4) is 0 Å². The van der Waals surface area contributed by atoms with Gasteiger partial charge in [-0.05, 0) is 25.7 Å². The zero-order chi connectivity index (χ0) is 19.8. The molecule has 0 radical (unpaired) electrons. The van der Waals surface area contributed by atoms with E-state index in [9.17, 15) is 19.2 Å². The molecule has 5 N–H and O–H groups in total. The van der Waals surface area contributed by atoms with E-state index >= 15 is 0 Å². The second kappa shape index (κ2) is 10.4. The largest absolute Gasteiger partial charge is 0.481 e. The van der Waals surface area contributed by atoms with Crippen LogP contribution in [-0.4, -0.2) is 63.7 Å². The number of nitrogens with one attached hydrogen (secondary N) is 3. The van der Waals surface area contributed by atoms with Crippen molar-refractivity contribution in [3.63, 3.8) is 0 Å². The average molecular weight is 401 g/mol. The first kappa shape index (κ1) is 21.3. The predicted molar refractivity (Wildman–Crippen MR) is 99.6 cm³/mol. The van der Waals surface area contributed by atoms with Gasteiger partial charge in [-0.1, -0.05) is 12.8 Å². The van der Waals surface area contributed by atoms with Crippen molar-refractivity contribution in [1.82, 2.24) is 16.0 Å². The van der Waals surface area contributed by atoms with Crippen molar-refractivity contribution in [3.8, 4) is 0 Å². The van der Waals surface area contributed by atoms with Gasteiger partial charge in [-0.2, -0.15) is 11.8 Å². The van der Waals surface area contributed by atoms with E-state index in [0.29, 0.717) is 31.1 Å². The zero-order valence-corrected chi connectivity index (χ0v) is 15.9. The maximum absolute atomic E-state index is 11.8. The van der Waals surface area contributed by atoms with Gasteiger partial charge in [-0.15, -0.1) is 0 Å². The Morgan fingerprint density at radius 2 is 1.85 bits per heavy atom. The molecule has 9 nitrogen and oxygen atoms in total. The van der Waals surface area contributed by atoms with Crippen LogP contribution in [0.25, 0.3) is 0 Å². The SMILES string of the molecule is O=C(CCCC[C@@H]1SC[C@@H]2NC(=O)N[C@@H]21)NCCCCC(C(=O)O)C(=O)O. The molecule has 0 aromatic heterocycles. The molecule has 10 heteroatoms. The number of carboxylic acids is 2. The lowest BCUT2D eigenvalue weighted by Crippen LogP contribution is -2.36. The van der Waals surface area contributed by atoms with Crippen LogP contribution in [0.2, 0.25) is 0 Å². The Bertz CT molecular complexity index is 559. The zero-order valence-electron chi connectivity index (χ0n) is 15.1. The van der Waals surface area contributed by atoms with Crippen LogP contribution < -0.4 is 16.0 Å². The second-order valence-corrected chi connectivity index (χ2v) is 8.21. The fourth-order valence-electron chi connectivity index (χ4n) is 3.42. The van der Waals surface area contributed by atoms with Crippen molar-refractivity contribution in [2.45, 2.75) is 62.3 Å². The van der Waals surface area contributed by atoms with Crippen LogP contribution in [0, 0.1) is 5.92 Å². The highest BCUT2D eigenvalue weighted by atomic mass is 32.2. The van der Waals surface area contributed by atoms with Crippen molar-refractivity contribution >= 4 is 35.6 Å². The summed E-state index contributed by atoms with van der Waals surface area (Å²) in [4.78, 5) is 44.6. The second-order valence-electron chi connectivity index (χ2n) is 6.94. The summed E-state index contributed by atoms with van der Waals surface area (Å²) in [5.41, 5.74) is 0. The Hall–Kier alpha value is -1.97. The van der Waals surface area contributed by atoms with Crippen molar-refractivity contribution in [2.75, 3.05) is 12.3 Å². The molecule has 152 valence electrons. The van der Waals surface area contributed by atoms with Gasteiger partial charge in [0.15, 0.2) is 5.92 Å². The fourth-order valence-corrected chi connectivity index (χ4v) is 4.96. The first-order chi connectivity index (χ1) is 12.9. The van der Waals surface area contributed by atoms with E-state index in [0.717, 1.165) is 25.0 Å². The molecule has 2 aliphatic rings. The van der Waals surface area contributed by atoms with Crippen molar-refractivity contribution in [1.29, 1.82) is 0 Å². The topological polar surface area (TPSA) is 145 Å². The number of rotatable bonds is 12. The Labute approximate surface area is 162 Å². The first-order valence-electron chi connectivity index (χ1n) is 9.29. The summed E-state index contributed by atoms with van der Waals surface area (Å²) in [6.45, 7) is 0.421. The van der Waals surface area contributed by atoms with Crippen LogP contribution >= 0.6 is 11.8 Å². The Morgan fingerprint density at radius 1 is 1.11 bits per heavy atom. The van der Waals surface area contributed by atoms with Crippen LogP contribution in [0.5, 0.6) is 0 Å². The van der Waals surface area contributed by atoms with Gasteiger partial charge in [0.1, 0.15) is 0 Å². The van der Waals surface area contributed by atoms with E-state index in [4.69, 9.17) is 10.2 Å². The Morgan fingerprint density at radius 3 is 2.56 bits per heavy atom. The smallest absolute Gasteiger partial charge is 0.317 e. The molecule has 0 aliphatic carbocycles. The van der Waals surface area contributed by atoms with E-state index in [1.165, 1.54) is 0 Å². The standard InChI is InChI=1S/C17H27N3O6S/c21-13(18-8-4-3-5-10(15(22)23)16(24)25)7-2-1-6-12-14-11(9-27-12)19-17(26)20-14/h10-12,14H,1-9H2,(H,18,21)(H,22,23)(H,24,25)(H2,19,20,26)/t11-,12-,14-/m0/s1. The molecule has 0 spiro atoms. The van der Waals surface area contributed by atoms with Crippen LogP contribution in [0.15, 0.2) is 0 Å². The van der Waals surface area contributed by atoms with Gasteiger partial charge in [0.25, 0.3) is 0 Å². The first-order valence-corrected chi connectivity index (χ1v) is 10.3. The van der Waals surface area contributed by atoms with Gasteiger partial charge in [0, 0.05) is 24.0 Å². The van der Waals surface area contributed by atoms with E-state index in [1.807, 2.05) is 11.8 Å². The highest BCUT2D eigenvalue weighted by molar-refractivity contribution is 8.00. The number of fused-ring (bicyclic) bond motifs is 1. The highest BCUT2D eigenvalue weighted by Crippen LogP contribution is 2.33. The van der Waals surface area contributed by atoms with Crippen molar-refractivity contribution < 1.29 is 29.4 Å². The molecule has 2 saturated heterocycles. The molecule has 0 saturated carbocycles. The summed E-state index contributed by atoms with van der Waals surface area (Å²) in [6.07, 6.45) is 4.15. The number of carboxylic acid groups (broad SMARTS) is 2. The molecule has 3 amide bonds. The van der Waals surface area contributed by atoms with E-state index < -0.39 is 17.9 Å². The van der Waals surface area contributed by atoms with Crippen molar-refractivity contribution in [2.24, 2.45) is 5.92 Å². The molecule has 2 rings (SSSR count). The summed E-state index contributed by atoms with van der Waals surface area (Å²) >= 11 is 1.86. The maximum Gasteiger partial charge on any atom is 0.317 e. The van der Waals surface area contributed by atoms with Crippen LogP contribution in [-0.2, 0) is 14.4 Å². The summed E-state index contributed by atoms with van der Waals surface area (Å²) in [7, 11) is 0. The lowest BCUT2D eigenvalue weighted by Gasteiger charge is -2.16. The number of unbranched alkanes of at least 4 members (excludes halogenated alkanes) is 2. The molecule has 2 aliphatic heterocycles. The minimum atomic E-state index is -1.38. The van der Waals surface area contributed by atoms with Gasteiger partial charge in [0.05, 0.1) is 12.1 Å². The number of hydrogen-bond acceptors (Lipinski definition) is 5. The third kappa shape index (κ3) is 6.60. The number of aliphatic carboxylic acids is 2. The highest BCUT2D eigenvalue weighted by Gasteiger charge is 2.42. The van der Waals surface area contributed by atoms with Crippen LogP contribution in [0.1, 0.15) is 44.9 Å². The molecular formula is C17H27N3O6S. The number of hydrogen-bond donors (Lipinski definition) is 5. The molecule has 2 heterocycles. The molecule has 0 bridgehead atoms. The van der Waals surface area contributed by atoms with E-state index in [1.54, 1.807) is 0 Å². The van der Waals surface area contributed by atoms with Gasteiger partial charge in [-0.3, -0.25) is 14.4 Å². The molecule has 0 aromatic carbocycles. The molecular weight excluding hydrogens is 374 g/mol. The van der Waals surface area contributed by atoms with E-state index in [-0.39, 0.29) is 30.4 Å². The molecule has 3 atom stereocenters. The number of carbonyl (C=O) groups excluding carboxylic acids is 2. The lowest BCUT2D eigenvalue weighted by atomic mass is 10.0. The monoisotopic (exact) mass is 401 g/mol. The molecule has 27 heavy (non-hydrogen) atoms. The van der Waals surface area contributed by atoms with Gasteiger partial charge in [-0.25, -0.2) is 4.79 Å². The van der Waals surface area contributed by atoms with E-state index in [2.05, 4.69) is 16.0 Å². The predicted octanol–water partition coefficient (Wildman–Crippen LogP) is 0.784. The third-order valence-corrected chi connectivity index (χ3v) is 6.43. The molecule has 2 fully saturated rings. The minimum Gasteiger partial charge on any atom is -0.481 e. The maximum atomic E-state index is 11.8. The lowest BCUT2D eigenvalue weighted by molar-refractivity contribution is -0.154. The number of urea groups is 1. The summed E-state index contributed by atoms with van der Waals surface area (Å²) in [5, 5.41) is 26.6. The van der Waals surface area contributed by atoms with Crippen molar-refractivity contribution in [3.05, 3.63) is 0 Å². The fraction of sp³-hybridized carbons (Fsp3) is 0.765. The van der Waals surface area contributed by atoms with Gasteiger partial charge >= 0.3 is 18.0 Å². The Kier molecular flexibility index (Phi) is 8.21. The Balaban J connectivity index is 1.49. The summed E-state index contributed by atoms with van der Waals surface area (Å²) < 4.78 is 0. The van der Waals surface area contributed by atoms with Gasteiger partial charge < -0.3 is 26.2 Å². The quantitative estimate of drug-likeness (QED) is 0.185. The minimum absolute atomic E-state index is 0.0455. The summed E-state index contributed by atoms with van der Waals surface area (Å²) in [5.74, 6) is -3.15. The third-order valence-electron chi connectivity index (χ3n) is 4.92. The number of thioether (sulfide) groups is 1. The van der Waals surface area contributed by atoms with Gasteiger partial charge in [0.2, 0.25) is 5.91 Å². The van der Waals surface area contributed by atoms with Crippen LogP contribution in [0.4, 0.5) is 4.79 Å². The normalized spacial score (nSPS) is 23.6. The molecule has 0 aromatic rings. The summed E-state index contributed by atoms with van der Waals surface area (Å²) in [6, 6.07) is 0.321. The number of carbonyl (C=O) groups is 4. The number of amides is 3. The average Bonchev–Trinajstić information content (AvgIpc) is 3.13.